The van der Waals surface area contributed by atoms with Crippen molar-refractivity contribution < 1.29 is 26.7 Å². The fraction of sp³-hybridized carbons (Fsp3) is 0.727. The van der Waals surface area contributed by atoms with Crippen LogP contribution in [-0.2, 0) is 23.6 Å². The molecule has 0 aromatic rings. The number of nitrogens with zero attached hydrogens (tertiary/aromatic N) is 1. The molecule has 8 heteroatoms. The first kappa shape index (κ1) is 20.4. The molecule has 0 rings (SSSR count). The van der Waals surface area contributed by atoms with Gasteiger partial charge in [0.1, 0.15) is 0 Å². The van der Waals surface area contributed by atoms with Gasteiger partial charge in [-0.15, -0.1) is 0 Å². The summed E-state index contributed by atoms with van der Waals surface area (Å²) in [5.41, 5.74) is 0.293. The highest BCUT2D eigenvalue weighted by atomic mass is 32.3. The van der Waals surface area contributed by atoms with Crippen molar-refractivity contribution in [3.05, 3.63) is 12.2 Å². The second kappa shape index (κ2) is 10.9. The molecule has 0 amide bonds. The summed E-state index contributed by atoms with van der Waals surface area (Å²) in [5, 5.41) is 8.52. The van der Waals surface area contributed by atoms with Crippen LogP contribution in [0.2, 0.25) is 0 Å². The number of aliphatic carboxylic acids is 1. The van der Waals surface area contributed by atoms with Crippen LogP contribution in [0.4, 0.5) is 0 Å². The van der Waals surface area contributed by atoms with Crippen molar-refractivity contribution in [2.75, 3.05) is 33.9 Å². The number of rotatable bonds is 8. The molecule has 7 nitrogen and oxygen atoms in total. The number of carboxylic acid groups (broad SMARTS) is 1. The summed E-state index contributed by atoms with van der Waals surface area (Å²) in [4.78, 5) is 12.5. The van der Waals surface area contributed by atoms with E-state index in [2.05, 4.69) is 33.7 Å². The van der Waals surface area contributed by atoms with E-state index < -0.39 is 16.4 Å². The van der Waals surface area contributed by atoms with Gasteiger partial charge in [-0.3, -0.25) is 8.37 Å². The summed E-state index contributed by atoms with van der Waals surface area (Å²) in [7, 11) is -1.60. The Morgan fingerprint density at radius 2 is 1.63 bits per heavy atom. The molecule has 0 atom stereocenters. The van der Waals surface area contributed by atoms with Crippen LogP contribution in [0.25, 0.3) is 0 Å². The first-order valence-corrected chi connectivity index (χ1v) is 7.06. The first-order valence-electron chi connectivity index (χ1n) is 5.73. The van der Waals surface area contributed by atoms with Gasteiger partial charge in [-0.1, -0.05) is 20.4 Å². The highest BCUT2D eigenvalue weighted by Gasteiger charge is 2.05. The molecular weight excluding hydrogens is 274 g/mol. The molecule has 0 aliphatic heterocycles. The number of carbonyl (C=O) groups is 1. The topological polar surface area (TPSA) is 93.1 Å². The van der Waals surface area contributed by atoms with E-state index in [1.54, 1.807) is 0 Å². The Morgan fingerprint density at radius 1 is 1.21 bits per heavy atom. The third kappa shape index (κ3) is 11.8. The maximum absolute atomic E-state index is 10.4. The fourth-order valence-corrected chi connectivity index (χ4v) is 1.14. The molecule has 0 radical (unpaired) electrons. The maximum atomic E-state index is 10.4. The molecule has 0 aromatic carbocycles. The van der Waals surface area contributed by atoms with Gasteiger partial charge in [-0.05, 0) is 19.5 Å². The van der Waals surface area contributed by atoms with Crippen LogP contribution in [0, 0.1) is 0 Å². The summed E-state index contributed by atoms with van der Waals surface area (Å²) >= 11 is 0. The van der Waals surface area contributed by atoms with Gasteiger partial charge in [0, 0.05) is 12.1 Å². The van der Waals surface area contributed by atoms with Crippen LogP contribution in [0.3, 0.4) is 0 Å². The third-order valence-electron chi connectivity index (χ3n) is 2.33. The zero-order chi connectivity index (χ0) is 15.5. The number of hydrogen-bond acceptors (Lipinski definition) is 6. The molecule has 0 saturated heterocycles. The van der Waals surface area contributed by atoms with Crippen LogP contribution < -0.4 is 0 Å². The minimum atomic E-state index is -3.66. The first-order chi connectivity index (χ1) is 8.73. The minimum Gasteiger partial charge on any atom is -0.478 e. The lowest BCUT2D eigenvalue weighted by molar-refractivity contribution is -0.132. The van der Waals surface area contributed by atoms with Crippen molar-refractivity contribution in [2.24, 2.45) is 0 Å². The van der Waals surface area contributed by atoms with E-state index in [1.807, 2.05) is 0 Å². The van der Waals surface area contributed by atoms with E-state index in [4.69, 9.17) is 5.11 Å². The molecule has 0 fully saturated rings. The summed E-state index contributed by atoms with van der Waals surface area (Å²) in [6.07, 6.45) is 0.553. The van der Waals surface area contributed by atoms with E-state index in [9.17, 15) is 13.2 Å². The van der Waals surface area contributed by atoms with Gasteiger partial charge in [0.15, 0.2) is 0 Å². The molecule has 0 bridgehead atoms. The second-order valence-corrected chi connectivity index (χ2v) is 4.91. The second-order valence-electron chi connectivity index (χ2n) is 3.43. The molecular formula is C11H23NO6S. The lowest BCUT2D eigenvalue weighted by Gasteiger charge is -2.17. The molecule has 19 heavy (non-hydrogen) atoms. The lowest BCUT2D eigenvalue weighted by atomic mass is 10.2. The van der Waals surface area contributed by atoms with Gasteiger partial charge in [0.2, 0.25) is 0 Å². The van der Waals surface area contributed by atoms with Crippen molar-refractivity contribution in [1.82, 2.24) is 4.90 Å². The highest BCUT2D eigenvalue weighted by molar-refractivity contribution is 7.81. The third-order valence-corrected chi connectivity index (χ3v) is 3.15. The normalized spacial score (nSPS) is 10.8. The summed E-state index contributed by atoms with van der Waals surface area (Å²) in [5.74, 6) is -0.887. The summed E-state index contributed by atoms with van der Waals surface area (Å²) in [6, 6.07) is 0. The van der Waals surface area contributed by atoms with Gasteiger partial charge >= 0.3 is 16.4 Å². The van der Waals surface area contributed by atoms with Crippen LogP contribution in [0.15, 0.2) is 12.2 Å². The van der Waals surface area contributed by atoms with Crippen molar-refractivity contribution in [3.63, 3.8) is 0 Å². The van der Waals surface area contributed by atoms with Gasteiger partial charge in [0.25, 0.3) is 0 Å². The Bertz CT molecular complexity index is 351. The van der Waals surface area contributed by atoms with Gasteiger partial charge in [0.05, 0.1) is 14.2 Å². The van der Waals surface area contributed by atoms with Crippen LogP contribution in [0.1, 0.15) is 20.3 Å². The molecule has 0 heterocycles. The van der Waals surface area contributed by atoms with Gasteiger partial charge in [-0.2, -0.15) is 8.42 Å². The number of carboxylic acids is 1. The lowest BCUT2D eigenvalue weighted by Crippen LogP contribution is -2.24. The molecule has 0 saturated carbocycles. The minimum absolute atomic E-state index is 0.293. The Balaban J connectivity index is 0. The molecule has 0 aliphatic rings. The van der Waals surface area contributed by atoms with Gasteiger partial charge < -0.3 is 10.0 Å². The summed E-state index contributed by atoms with van der Waals surface area (Å²) in [6.45, 7) is 10.3. The van der Waals surface area contributed by atoms with Crippen molar-refractivity contribution in [1.29, 1.82) is 0 Å². The van der Waals surface area contributed by atoms with E-state index >= 15 is 0 Å². The average molecular weight is 297 g/mol. The quantitative estimate of drug-likeness (QED) is 0.665. The predicted octanol–water partition coefficient (Wildman–Crippen LogP) is 0.883. The molecule has 114 valence electrons. The van der Waals surface area contributed by atoms with Crippen LogP contribution >= 0.6 is 0 Å². The standard InChI is InChI=1S/C9H17NO2.C2H6O4S/c1-4-10(5-2)7-6-8(3)9(11)12;1-5-7(3,4)6-2/h3-7H2,1-2H3,(H,11,12);1-2H3. The van der Waals surface area contributed by atoms with E-state index in [0.717, 1.165) is 33.9 Å². The van der Waals surface area contributed by atoms with Crippen LogP contribution in [0.5, 0.6) is 0 Å². The SMILES string of the molecule is C=C(CCN(CC)CC)C(=O)O.COS(=O)(=O)OC. The van der Waals surface area contributed by atoms with E-state index in [1.165, 1.54) is 0 Å². The zero-order valence-corrected chi connectivity index (χ0v) is 12.7. The predicted molar refractivity (Wildman–Crippen MR) is 72.1 cm³/mol. The molecule has 0 unspecified atom stereocenters. The maximum Gasteiger partial charge on any atom is 0.399 e. The number of hydrogen-bond donors (Lipinski definition) is 1. The van der Waals surface area contributed by atoms with E-state index in [-0.39, 0.29) is 0 Å². The van der Waals surface area contributed by atoms with Crippen molar-refractivity contribution >= 4 is 16.4 Å². The van der Waals surface area contributed by atoms with Crippen molar-refractivity contribution in [3.8, 4) is 0 Å². The van der Waals surface area contributed by atoms with Crippen LogP contribution in [-0.4, -0.2) is 58.2 Å². The molecule has 1 N–H and O–H groups in total. The average Bonchev–Trinajstić information content (AvgIpc) is 2.40. The fourth-order valence-electron chi connectivity index (χ4n) is 1.01. The molecule has 0 aliphatic carbocycles. The molecule has 0 spiro atoms. The smallest absolute Gasteiger partial charge is 0.399 e. The monoisotopic (exact) mass is 297 g/mol. The Kier molecular flexibility index (Phi) is 11.7. The highest BCUT2D eigenvalue weighted by Crippen LogP contribution is 2.00. The molecule has 0 aromatic heterocycles. The van der Waals surface area contributed by atoms with Crippen molar-refractivity contribution in [2.45, 2.75) is 20.3 Å². The van der Waals surface area contributed by atoms with Gasteiger partial charge in [-0.25, -0.2) is 4.79 Å². The zero-order valence-electron chi connectivity index (χ0n) is 11.9. The Morgan fingerprint density at radius 3 is 1.84 bits per heavy atom. The van der Waals surface area contributed by atoms with E-state index in [0.29, 0.717) is 12.0 Å². The Hall–Kier alpha value is -0.960. The summed E-state index contributed by atoms with van der Waals surface area (Å²) < 4.78 is 27.5. The Labute approximate surface area is 115 Å². The largest absolute Gasteiger partial charge is 0.478 e.